The van der Waals surface area contributed by atoms with Gasteiger partial charge in [-0.3, -0.25) is 4.79 Å². The molecule has 0 aliphatic rings. The highest BCUT2D eigenvalue weighted by molar-refractivity contribution is 7.89. The molecule has 0 bridgehead atoms. The van der Waals surface area contributed by atoms with Crippen LogP contribution in [-0.2, 0) is 21.0 Å². The highest BCUT2D eigenvalue weighted by atomic mass is 35.5. The van der Waals surface area contributed by atoms with E-state index in [1.807, 2.05) is 13.8 Å². The Balaban J connectivity index is 1.97. The number of anilines is 1. The molecule has 164 valence electrons. The van der Waals surface area contributed by atoms with Crippen molar-refractivity contribution < 1.29 is 31.1 Å². The van der Waals surface area contributed by atoms with Gasteiger partial charge in [0.25, 0.3) is 5.91 Å². The second-order valence-electron chi connectivity index (χ2n) is 6.75. The molecule has 0 heterocycles. The quantitative estimate of drug-likeness (QED) is 0.609. The second-order valence-corrected chi connectivity index (χ2v) is 8.92. The predicted octanol–water partition coefficient (Wildman–Crippen LogP) is 4.31. The average molecular weight is 465 g/mol. The van der Waals surface area contributed by atoms with E-state index in [0.29, 0.717) is 6.54 Å². The monoisotopic (exact) mass is 464 g/mol. The predicted molar refractivity (Wildman–Crippen MR) is 107 cm³/mol. The van der Waals surface area contributed by atoms with E-state index >= 15 is 0 Å². The van der Waals surface area contributed by atoms with E-state index in [4.69, 9.17) is 16.3 Å². The number of sulfonamides is 1. The van der Waals surface area contributed by atoms with E-state index < -0.39 is 34.3 Å². The Morgan fingerprint density at radius 1 is 1.13 bits per heavy atom. The Morgan fingerprint density at radius 2 is 1.77 bits per heavy atom. The molecule has 0 aromatic heterocycles. The maximum absolute atomic E-state index is 12.8. The van der Waals surface area contributed by atoms with Crippen LogP contribution in [0.25, 0.3) is 0 Å². The smallest absolute Gasteiger partial charge is 0.416 e. The lowest BCUT2D eigenvalue weighted by atomic mass is 10.2. The molecule has 2 rings (SSSR count). The number of amides is 1. The third kappa shape index (κ3) is 6.89. The fraction of sp³-hybridized carbons (Fsp3) is 0.316. The largest absolute Gasteiger partial charge is 0.484 e. The van der Waals surface area contributed by atoms with Gasteiger partial charge in [-0.05, 0) is 48.4 Å². The number of hydrogen-bond donors (Lipinski definition) is 2. The highest BCUT2D eigenvalue weighted by Gasteiger charge is 2.31. The number of carbonyl (C=O) groups is 1. The van der Waals surface area contributed by atoms with E-state index in [9.17, 15) is 26.4 Å². The van der Waals surface area contributed by atoms with Crippen LogP contribution in [0.1, 0.15) is 19.4 Å². The Kier molecular flexibility index (Phi) is 7.73. The minimum atomic E-state index is -4.58. The minimum absolute atomic E-state index is 0.0377. The molecular weight excluding hydrogens is 445 g/mol. The summed E-state index contributed by atoms with van der Waals surface area (Å²) in [6.07, 6.45) is -4.58. The molecule has 0 aliphatic heterocycles. The first-order valence-corrected chi connectivity index (χ1v) is 10.6. The van der Waals surface area contributed by atoms with Crippen molar-refractivity contribution in [3.8, 4) is 5.75 Å². The number of carbonyl (C=O) groups excluding carboxylic acids is 1. The zero-order valence-electron chi connectivity index (χ0n) is 16.1. The van der Waals surface area contributed by atoms with Crippen molar-refractivity contribution in [2.45, 2.75) is 24.9 Å². The fourth-order valence-corrected chi connectivity index (χ4v) is 3.59. The third-order valence-electron chi connectivity index (χ3n) is 3.75. The first kappa shape index (κ1) is 24.0. The lowest BCUT2D eigenvalue weighted by molar-refractivity contribution is -0.137. The summed E-state index contributed by atoms with van der Waals surface area (Å²) in [4.78, 5) is 12.0. The van der Waals surface area contributed by atoms with Gasteiger partial charge in [0.05, 0.1) is 21.2 Å². The van der Waals surface area contributed by atoms with Crippen molar-refractivity contribution in [2.24, 2.45) is 5.92 Å². The lowest BCUT2D eigenvalue weighted by Crippen LogP contribution is -2.27. The number of alkyl halides is 3. The Bertz CT molecular complexity index is 994. The van der Waals surface area contributed by atoms with Crippen molar-refractivity contribution in [1.82, 2.24) is 4.72 Å². The van der Waals surface area contributed by atoms with E-state index in [0.717, 1.165) is 18.2 Å². The molecule has 0 radical (unpaired) electrons. The van der Waals surface area contributed by atoms with E-state index in [1.165, 1.54) is 24.3 Å². The average Bonchev–Trinajstić information content (AvgIpc) is 2.66. The minimum Gasteiger partial charge on any atom is -0.484 e. The van der Waals surface area contributed by atoms with Crippen molar-refractivity contribution in [3.05, 3.63) is 53.1 Å². The molecular formula is C19H20ClF3N2O4S. The molecule has 30 heavy (non-hydrogen) atoms. The van der Waals surface area contributed by atoms with Gasteiger partial charge in [-0.25, -0.2) is 13.1 Å². The summed E-state index contributed by atoms with van der Waals surface area (Å²) in [5.41, 5.74) is -1.15. The molecule has 0 aliphatic carbocycles. The molecule has 0 fully saturated rings. The Morgan fingerprint density at radius 3 is 2.33 bits per heavy atom. The first-order valence-electron chi connectivity index (χ1n) is 8.77. The van der Waals surface area contributed by atoms with Gasteiger partial charge in [-0.2, -0.15) is 13.2 Å². The van der Waals surface area contributed by atoms with Crippen LogP contribution in [0.5, 0.6) is 5.75 Å². The molecule has 0 spiro atoms. The molecule has 0 atom stereocenters. The van der Waals surface area contributed by atoms with Gasteiger partial charge in [0.1, 0.15) is 5.75 Å². The van der Waals surface area contributed by atoms with Crippen LogP contribution < -0.4 is 14.8 Å². The third-order valence-corrected chi connectivity index (χ3v) is 5.52. The summed E-state index contributed by atoms with van der Waals surface area (Å²) in [7, 11) is -3.66. The molecule has 6 nitrogen and oxygen atoms in total. The number of halogens is 4. The SMILES string of the molecule is CC(C)CNS(=O)(=O)c1ccc(OCC(=O)Nc2cc(C(F)(F)F)ccc2Cl)cc1. The normalized spacial score (nSPS) is 12.1. The number of benzene rings is 2. The van der Waals surface area contributed by atoms with Crippen molar-refractivity contribution >= 4 is 33.2 Å². The zero-order chi connectivity index (χ0) is 22.5. The maximum atomic E-state index is 12.8. The number of ether oxygens (including phenoxy) is 1. The van der Waals surface area contributed by atoms with Crippen molar-refractivity contribution in [1.29, 1.82) is 0 Å². The summed E-state index contributed by atoms with van der Waals surface area (Å²) in [6.45, 7) is 3.53. The van der Waals surface area contributed by atoms with Crippen LogP contribution in [0, 0.1) is 5.92 Å². The molecule has 0 saturated carbocycles. The molecule has 1 amide bonds. The van der Waals surface area contributed by atoms with Gasteiger partial charge in [0, 0.05) is 6.54 Å². The Hall–Kier alpha value is -2.30. The van der Waals surface area contributed by atoms with E-state index in [1.54, 1.807) is 0 Å². The van der Waals surface area contributed by atoms with Gasteiger partial charge >= 0.3 is 6.18 Å². The van der Waals surface area contributed by atoms with Crippen molar-refractivity contribution in [3.63, 3.8) is 0 Å². The highest BCUT2D eigenvalue weighted by Crippen LogP contribution is 2.33. The number of nitrogens with one attached hydrogen (secondary N) is 2. The van der Waals surface area contributed by atoms with Crippen molar-refractivity contribution in [2.75, 3.05) is 18.5 Å². The van der Waals surface area contributed by atoms with Crippen LogP contribution in [0.3, 0.4) is 0 Å². The van der Waals surface area contributed by atoms with E-state index in [-0.39, 0.29) is 27.3 Å². The van der Waals surface area contributed by atoms with Crippen LogP contribution in [0.15, 0.2) is 47.4 Å². The summed E-state index contributed by atoms with van der Waals surface area (Å²) in [5.74, 6) is -0.374. The van der Waals surface area contributed by atoms with Crippen LogP contribution in [0.4, 0.5) is 18.9 Å². The van der Waals surface area contributed by atoms with Gasteiger partial charge in [0.2, 0.25) is 10.0 Å². The standard InChI is InChI=1S/C19H20ClF3N2O4S/c1-12(2)10-24-30(27,28)15-6-4-14(5-7-15)29-11-18(26)25-17-9-13(19(21,22)23)3-8-16(17)20/h3-9,12,24H,10-11H2,1-2H3,(H,25,26). The van der Waals surface area contributed by atoms with Crippen LogP contribution in [-0.4, -0.2) is 27.5 Å². The topological polar surface area (TPSA) is 84.5 Å². The van der Waals surface area contributed by atoms with Crippen LogP contribution >= 0.6 is 11.6 Å². The summed E-state index contributed by atoms with van der Waals surface area (Å²) >= 11 is 5.83. The second kappa shape index (κ2) is 9.67. The first-order chi connectivity index (χ1) is 13.9. The van der Waals surface area contributed by atoms with Gasteiger partial charge in [-0.1, -0.05) is 25.4 Å². The van der Waals surface area contributed by atoms with E-state index in [2.05, 4.69) is 10.0 Å². The maximum Gasteiger partial charge on any atom is 0.416 e. The molecule has 11 heteroatoms. The summed E-state index contributed by atoms with van der Waals surface area (Å²) < 4.78 is 70.3. The fourth-order valence-electron chi connectivity index (χ4n) is 2.21. The summed E-state index contributed by atoms with van der Waals surface area (Å²) in [5, 5.41) is 2.20. The van der Waals surface area contributed by atoms with Gasteiger partial charge in [0.15, 0.2) is 6.61 Å². The molecule has 2 N–H and O–H groups in total. The van der Waals surface area contributed by atoms with Gasteiger partial charge in [-0.15, -0.1) is 0 Å². The Labute approximate surface area is 177 Å². The number of hydrogen-bond acceptors (Lipinski definition) is 4. The molecule has 0 unspecified atom stereocenters. The molecule has 2 aromatic carbocycles. The summed E-state index contributed by atoms with van der Waals surface area (Å²) in [6, 6.07) is 7.94. The van der Waals surface area contributed by atoms with Crippen LogP contribution in [0.2, 0.25) is 5.02 Å². The zero-order valence-corrected chi connectivity index (χ0v) is 17.7. The lowest BCUT2D eigenvalue weighted by Gasteiger charge is -2.12. The molecule has 0 saturated heterocycles. The van der Waals surface area contributed by atoms with Gasteiger partial charge < -0.3 is 10.1 Å². The number of rotatable bonds is 8. The molecule has 2 aromatic rings.